The maximum atomic E-state index is 11.1. The highest BCUT2D eigenvalue weighted by Crippen LogP contribution is 2.23. The molecule has 0 bridgehead atoms. The van der Waals surface area contributed by atoms with Crippen LogP contribution < -0.4 is 16.0 Å². The van der Waals surface area contributed by atoms with Crippen molar-refractivity contribution in [2.24, 2.45) is 0 Å². The van der Waals surface area contributed by atoms with Crippen molar-refractivity contribution in [1.82, 2.24) is 55.1 Å². The van der Waals surface area contributed by atoms with E-state index < -0.39 is 9.84 Å². The summed E-state index contributed by atoms with van der Waals surface area (Å²) >= 11 is 0. The summed E-state index contributed by atoms with van der Waals surface area (Å²) in [5, 5.41) is 9.41. The molecule has 8 fully saturated rings. The maximum absolute atomic E-state index is 11.1. The van der Waals surface area contributed by atoms with Crippen LogP contribution in [0, 0.1) is 0 Å². The number of nitrogens with zero attached hydrogens (tertiary/aromatic N) is 8. The maximum Gasteiger partial charge on any atom is 0.317 e. The SMILES string of the molecule is CC(C)(C)N1CCC1.CC(C)(C)N1CCCC1.CC(C)(C)N1CCCCC1.CC(C)(C)N1CCNC1.CC(C)(C)N1CCNC1=O.CC(C)(C)N1CCNCC1.CC(C)(C)N1CCOCC1.CC(C)(C)N1CCS(=O)(=O)CC1. The molecule has 0 radical (unpaired) electrons. The molecule has 466 valence electrons. The van der Waals surface area contributed by atoms with Crippen molar-refractivity contribution in [2.45, 2.75) is 249 Å². The number of ether oxygens (including phenoxy) is 1. The molecule has 0 aliphatic carbocycles. The van der Waals surface area contributed by atoms with Crippen molar-refractivity contribution in [3.05, 3.63) is 0 Å². The Balaban J connectivity index is 0.000000447. The molecule has 0 saturated carbocycles. The van der Waals surface area contributed by atoms with Crippen LogP contribution in [0.15, 0.2) is 0 Å². The molecule has 0 aromatic rings. The number of hydrogen-bond donors (Lipinski definition) is 3. The Labute approximate surface area is 485 Å². The molecule has 8 saturated heterocycles. The molecule has 0 aromatic carbocycles. The molecule has 2 amide bonds. The number of nitrogens with one attached hydrogen (secondary N) is 3. The molecular weight excluding hydrogens is 995 g/mol. The fourth-order valence-corrected chi connectivity index (χ4v) is 11.3. The second-order valence-corrected chi connectivity index (χ2v) is 33.0. The van der Waals surface area contributed by atoms with Gasteiger partial charge in [0.2, 0.25) is 0 Å². The molecule has 0 atom stereocenters. The average molecular weight is 1130 g/mol. The van der Waals surface area contributed by atoms with E-state index in [1.54, 1.807) is 0 Å². The highest BCUT2D eigenvalue weighted by atomic mass is 32.2. The third-order valence-corrected chi connectivity index (χ3v) is 17.6. The average Bonchev–Trinajstić information content (AvgIpc) is 4.11. The number of amides is 2. The zero-order valence-corrected chi connectivity index (χ0v) is 56.9. The topological polar surface area (TPSA) is 122 Å². The molecule has 8 aliphatic heterocycles. The van der Waals surface area contributed by atoms with Gasteiger partial charge in [-0.25, -0.2) is 13.2 Å². The Kier molecular flexibility index (Phi) is 32.0. The number of piperazine rings is 1. The lowest BCUT2D eigenvalue weighted by Gasteiger charge is -2.42. The number of carbonyl (C=O) groups excluding carboxylic acids is 1. The fraction of sp³-hybridized carbons (Fsp3) is 0.984. The molecule has 16 heteroatoms. The first kappa shape index (κ1) is 74.8. The van der Waals surface area contributed by atoms with Crippen LogP contribution in [0.3, 0.4) is 0 Å². The summed E-state index contributed by atoms with van der Waals surface area (Å²) in [7, 11) is -2.72. The number of carbonyl (C=O) groups is 1. The summed E-state index contributed by atoms with van der Waals surface area (Å²) < 4.78 is 27.4. The molecule has 78 heavy (non-hydrogen) atoms. The Morgan fingerprint density at radius 2 is 0.641 bits per heavy atom. The predicted molar refractivity (Wildman–Crippen MR) is 337 cm³/mol. The van der Waals surface area contributed by atoms with Gasteiger partial charge in [-0.2, -0.15) is 0 Å². The number of piperidine rings is 1. The molecule has 8 rings (SSSR count). The van der Waals surface area contributed by atoms with Gasteiger partial charge in [-0.1, -0.05) is 6.42 Å². The Morgan fingerprint density at radius 3 is 0.872 bits per heavy atom. The van der Waals surface area contributed by atoms with E-state index in [9.17, 15) is 13.2 Å². The Hall–Kier alpha value is -1.18. The Morgan fingerprint density at radius 1 is 0.333 bits per heavy atom. The van der Waals surface area contributed by atoms with Gasteiger partial charge in [-0.05, 0) is 238 Å². The van der Waals surface area contributed by atoms with E-state index in [4.69, 9.17) is 4.74 Å². The number of rotatable bonds is 0. The fourth-order valence-electron chi connectivity index (χ4n) is 10.1. The van der Waals surface area contributed by atoms with Crippen LogP contribution >= 0.6 is 0 Å². The van der Waals surface area contributed by atoms with E-state index in [0.29, 0.717) is 57.8 Å². The lowest BCUT2D eigenvalue weighted by atomic mass is 10.0. The van der Waals surface area contributed by atoms with E-state index in [0.717, 1.165) is 65.7 Å². The van der Waals surface area contributed by atoms with Gasteiger partial charge in [0.15, 0.2) is 9.84 Å². The van der Waals surface area contributed by atoms with E-state index in [1.165, 1.54) is 97.4 Å². The third-order valence-electron chi connectivity index (χ3n) is 16.0. The molecule has 0 unspecified atom stereocenters. The highest BCUT2D eigenvalue weighted by molar-refractivity contribution is 7.91. The van der Waals surface area contributed by atoms with Gasteiger partial charge in [0, 0.05) is 130 Å². The normalized spacial score (nSPS) is 23.0. The van der Waals surface area contributed by atoms with Crippen LogP contribution in [0.5, 0.6) is 0 Å². The lowest BCUT2D eigenvalue weighted by Crippen LogP contribution is -2.51. The van der Waals surface area contributed by atoms with Crippen molar-refractivity contribution in [2.75, 3.05) is 149 Å². The van der Waals surface area contributed by atoms with Crippen LogP contribution in [-0.2, 0) is 14.6 Å². The number of morpholine rings is 1. The minimum absolute atomic E-state index is 0.0272. The van der Waals surface area contributed by atoms with E-state index in [2.05, 4.69) is 196 Å². The van der Waals surface area contributed by atoms with Gasteiger partial charge < -0.3 is 25.6 Å². The smallest absolute Gasteiger partial charge is 0.317 e. The number of sulfone groups is 1. The van der Waals surface area contributed by atoms with Gasteiger partial charge in [-0.3, -0.25) is 34.3 Å². The molecule has 8 aliphatic rings. The zero-order chi connectivity index (χ0) is 60.0. The molecular formula is C62H133N11O4S. The summed E-state index contributed by atoms with van der Waals surface area (Å²) in [4.78, 5) is 30.1. The van der Waals surface area contributed by atoms with Crippen molar-refractivity contribution >= 4 is 15.9 Å². The van der Waals surface area contributed by atoms with E-state index >= 15 is 0 Å². The monoisotopic (exact) mass is 1130 g/mol. The van der Waals surface area contributed by atoms with Crippen LogP contribution in [0.4, 0.5) is 4.79 Å². The van der Waals surface area contributed by atoms with E-state index in [-0.39, 0.29) is 17.1 Å². The van der Waals surface area contributed by atoms with Gasteiger partial charge in [0.25, 0.3) is 0 Å². The van der Waals surface area contributed by atoms with Gasteiger partial charge >= 0.3 is 6.03 Å². The first-order valence-electron chi connectivity index (χ1n) is 31.0. The molecule has 8 heterocycles. The van der Waals surface area contributed by atoms with Crippen LogP contribution in [0.1, 0.15) is 205 Å². The first-order chi connectivity index (χ1) is 35.5. The van der Waals surface area contributed by atoms with Gasteiger partial charge in [0.1, 0.15) is 0 Å². The van der Waals surface area contributed by atoms with Crippen molar-refractivity contribution in [3.8, 4) is 0 Å². The summed E-state index contributed by atoms with van der Waals surface area (Å²) in [6, 6.07) is 0.0625. The largest absolute Gasteiger partial charge is 0.379 e. The summed E-state index contributed by atoms with van der Waals surface area (Å²) in [6.07, 6.45) is 8.44. The van der Waals surface area contributed by atoms with Crippen LogP contribution in [0.2, 0.25) is 0 Å². The molecule has 0 aromatic heterocycles. The van der Waals surface area contributed by atoms with Crippen LogP contribution in [-0.4, -0.2) is 247 Å². The minimum atomic E-state index is -2.72. The van der Waals surface area contributed by atoms with Crippen molar-refractivity contribution in [1.29, 1.82) is 0 Å². The van der Waals surface area contributed by atoms with Crippen molar-refractivity contribution in [3.63, 3.8) is 0 Å². The summed E-state index contributed by atoms with van der Waals surface area (Å²) in [5.74, 6) is 0.647. The van der Waals surface area contributed by atoms with E-state index in [1.807, 2.05) is 25.7 Å². The van der Waals surface area contributed by atoms with Crippen molar-refractivity contribution < 1.29 is 17.9 Å². The number of likely N-dealkylation sites (tertiary alicyclic amines) is 3. The summed E-state index contributed by atoms with van der Waals surface area (Å²) in [6.45, 7) is 76.3. The van der Waals surface area contributed by atoms with Gasteiger partial charge in [0.05, 0.1) is 24.7 Å². The first-order valence-corrected chi connectivity index (χ1v) is 32.8. The minimum Gasteiger partial charge on any atom is -0.379 e. The van der Waals surface area contributed by atoms with Gasteiger partial charge in [-0.15, -0.1) is 0 Å². The zero-order valence-electron chi connectivity index (χ0n) is 56.1. The Bertz CT molecular complexity index is 1590. The summed E-state index contributed by atoms with van der Waals surface area (Å²) in [5.41, 5.74) is 2.36. The number of urea groups is 1. The third kappa shape index (κ3) is 32.0. The standard InChI is InChI=1S/C9H19N.C8H18N2.C8H17NO2S.C8H17NO.C8H17N.C7H14N2O.C7H16N2.C7H15N/c1-9(2,3)10-7-5-4-6-8-10;1-8(2,3)10-6-4-9-5-7-10;1-8(2,3)9-4-6-12(10,11)7-5-9;1-8(2,3)9-4-6-10-7-5-9;1-8(2,3)9-6-4-5-7-9;1-7(2,3)9-5-4-8-6(9)10;1-7(2,3)9-5-4-8-6-9;1-7(2,3)8-5-4-6-8/h4-8H2,1-3H3;9H,4-7H2,1-3H3;4-7H2,1-3H3;4-7H2,1-3H3;4-7H2,1-3H3;4-5H2,1-3H3,(H,8,10);8H,4-6H2,1-3H3;4-6H2,1-3H3. The highest BCUT2D eigenvalue weighted by Gasteiger charge is 2.31. The number of hydrogen-bond acceptors (Lipinski definition) is 13. The molecule has 3 N–H and O–H groups in total. The second kappa shape index (κ2) is 33.3. The predicted octanol–water partition coefficient (Wildman–Crippen LogP) is 9.42. The lowest BCUT2D eigenvalue weighted by molar-refractivity contribution is -0.00389. The second-order valence-electron chi connectivity index (χ2n) is 30.7. The molecule has 15 nitrogen and oxygen atoms in total. The quantitative estimate of drug-likeness (QED) is 0.214. The van der Waals surface area contributed by atoms with Crippen LogP contribution in [0.25, 0.3) is 0 Å². The molecule has 0 spiro atoms.